The minimum atomic E-state index is 0.666. The molecule has 2 atom stereocenters. The average Bonchev–Trinajstić information content (AvgIpc) is 3.10. The van der Waals surface area contributed by atoms with Gasteiger partial charge in [-0.25, -0.2) is 0 Å². The number of benzene rings is 1. The van der Waals surface area contributed by atoms with Crippen molar-refractivity contribution in [1.29, 1.82) is 0 Å². The molecule has 0 bridgehead atoms. The first-order chi connectivity index (χ1) is 10.3. The Bertz CT molecular complexity index is 593. The molecule has 0 spiro atoms. The third-order valence-corrected chi connectivity index (χ3v) is 5.61. The largest absolute Gasteiger partial charge is 0.308 e. The Kier molecular flexibility index (Phi) is 4.86. The standard InChI is InChI=1S/C17H25N3S/c1-3-20-17-8-6-5-7-15(17)16(19-20)12-18-13-9-10-14(11-13)21-4-2/h5-8,13-14,18H,3-4,9-12H2,1-2H3. The number of hydrogen-bond acceptors (Lipinski definition) is 3. The third kappa shape index (κ3) is 3.27. The lowest BCUT2D eigenvalue weighted by Crippen LogP contribution is -2.26. The number of aromatic nitrogens is 2. The molecule has 1 heterocycles. The summed E-state index contributed by atoms with van der Waals surface area (Å²) in [5.74, 6) is 1.24. The van der Waals surface area contributed by atoms with Crippen LogP contribution in [0.4, 0.5) is 0 Å². The maximum Gasteiger partial charge on any atom is 0.0841 e. The zero-order valence-corrected chi connectivity index (χ0v) is 13.8. The normalized spacial score (nSPS) is 22.2. The molecule has 3 nitrogen and oxygen atoms in total. The Hall–Kier alpha value is -1.00. The average molecular weight is 303 g/mol. The highest BCUT2D eigenvalue weighted by Gasteiger charge is 2.24. The van der Waals surface area contributed by atoms with Crippen LogP contribution in [-0.2, 0) is 13.1 Å². The van der Waals surface area contributed by atoms with Crippen molar-refractivity contribution in [3.8, 4) is 0 Å². The van der Waals surface area contributed by atoms with E-state index >= 15 is 0 Å². The van der Waals surface area contributed by atoms with Crippen LogP contribution in [0.25, 0.3) is 10.9 Å². The predicted molar refractivity (Wildman–Crippen MR) is 91.8 cm³/mol. The molecule has 1 aliphatic rings. The van der Waals surface area contributed by atoms with Gasteiger partial charge in [-0.3, -0.25) is 4.68 Å². The summed E-state index contributed by atoms with van der Waals surface area (Å²) in [6.07, 6.45) is 3.98. The van der Waals surface area contributed by atoms with E-state index in [0.29, 0.717) is 6.04 Å². The van der Waals surface area contributed by atoms with Crippen molar-refractivity contribution in [2.45, 2.75) is 57.5 Å². The summed E-state index contributed by atoms with van der Waals surface area (Å²) in [5.41, 5.74) is 2.45. The van der Waals surface area contributed by atoms with Gasteiger partial charge in [0.2, 0.25) is 0 Å². The molecule has 1 N–H and O–H groups in total. The summed E-state index contributed by atoms with van der Waals surface area (Å²) in [5, 5.41) is 10.7. The second kappa shape index (κ2) is 6.84. The Labute approximate surface area is 131 Å². The zero-order valence-electron chi connectivity index (χ0n) is 13.0. The van der Waals surface area contributed by atoms with Crippen LogP contribution >= 0.6 is 11.8 Å². The number of fused-ring (bicyclic) bond motifs is 1. The van der Waals surface area contributed by atoms with Gasteiger partial charge in [-0.2, -0.15) is 16.9 Å². The summed E-state index contributed by atoms with van der Waals surface area (Å²) < 4.78 is 2.11. The van der Waals surface area contributed by atoms with Gasteiger partial charge in [-0.15, -0.1) is 0 Å². The Balaban J connectivity index is 1.66. The molecule has 3 rings (SSSR count). The van der Waals surface area contributed by atoms with E-state index in [-0.39, 0.29) is 0 Å². The second-order valence-corrected chi connectivity index (χ2v) is 7.33. The highest BCUT2D eigenvalue weighted by molar-refractivity contribution is 7.99. The van der Waals surface area contributed by atoms with Gasteiger partial charge < -0.3 is 5.32 Å². The molecule has 2 aromatic rings. The van der Waals surface area contributed by atoms with Gasteiger partial charge in [-0.1, -0.05) is 25.1 Å². The van der Waals surface area contributed by atoms with Crippen LogP contribution < -0.4 is 5.32 Å². The second-order valence-electron chi connectivity index (χ2n) is 5.75. The number of nitrogens with one attached hydrogen (secondary N) is 1. The van der Waals surface area contributed by atoms with Crippen LogP contribution in [0, 0.1) is 0 Å². The Morgan fingerprint density at radius 1 is 1.29 bits per heavy atom. The number of aryl methyl sites for hydroxylation is 1. The molecule has 1 fully saturated rings. The molecule has 21 heavy (non-hydrogen) atoms. The van der Waals surface area contributed by atoms with E-state index in [4.69, 9.17) is 5.10 Å². The van der Waals surface area contributed by atoms with E-state index in [9.17, 15) is 0 Å². The molecule has 4 heteroatoms. The summed E-state index contributed by atoms with van der Waals surface area (Å²) >= 11 is 2.11. The van der Waals surface area contributed by atoms with E-state index in [1.807, 2.05) is 0 Å². The molecule has 1 aliphatic carbocycles. The number of rotatable bonds is 6. The van der Waals surface area contributed by atoms with Crippen molar-refractivity contribution in [3.05, 3.63) is 30.0 Å². The fourth-order valence-corrected chi connectivity index (χ4v) is 4.46. The molecular formula is C17H25N3S. The first-order valence-corrected chi connectivity index (χ1v) is 9.16. The van der Waals surface area contributed by atoms with Crippen LogP contribution in [0.5, 0.6) is 0 Å². The minimum absolute atomic E-state index is 0.666. The molecular weight excluding hydrogens is 278 g/mol. The third-order valence-electron chi connectivity index (χ3n) is 4.38. The summed E-state index contributed by atoms with van der Waals surface area (Å²) in [7, 11) is 0. The van der Waals surface area contributed by atoms with E-state index in [0.717, 1.165) is 18.3 Å². The number of para-hydroxylation sites is 1. The maximum absolute atomic E-state index is 4.77. The first kappa shape index (κ1) is 14.9. The topological polar surface area (TPSA) is 29.9 Å². The van der Waals surface area contributed by atoms with Crippen molar-refractivity contribution < 1.29 is 0 Å². The van der Waals surface area contributed by atoms with Gasteiger partial charge in [0.15, 0.2) is 0 Å². The smallest absolute Gasteiger partial charge is 0.0841 e. The first-order valence-electron chi connectivity index (χ1n) is 8.11. The number of nitrogens with zero attached hydrogens (tertiary/aromatic N) is 2. The monoisotopic (exact) mass is 303 g/mol. The van der Waals surface area contributed by atoms with Crippen LogP contribution in [0.15, 0.2) is 24.3 Å². The quantitative estimate of drug-likeness (QED) is 0.880. The molecule has 2 unspecified atom stereocenters. The maximum atomic E-state index is 4.77. The van der Waals surface area contributed by atoms with E-state index in [1.165, 1.54) is 41.6 Å². The Morgan fingerprint density at radius 2 is 2.14 bits per heavy atom. The lowest BCUT2D eigenvalue weighted by Gasteiger charge is -2.12. The zero-order chi connectivity index (χ0) is 14.7. The van der Waals surface area contributed by atoms with Crippen molar-refractivity contribution in [3.63, 3.8) is 0 Å². The molecule has 0 radical (unpaired) electrons. The molecule has 1 saturated carbocycles. The van der Waals surface area contributed by atoms with E-state index in [2.05, 4.69) is 59.9 Å². The summed E-state index contributed by atoms with van der Waals surface area (Å²) in [4.78, 5) is 0. The van der Waals surface area contributed by atoms with Crippen LogP contribution in [0.3, 0.4) is 0 Å². The van der Waals surface area contributed by atoms with Gasteiger partial charge in [0.1, 0.15) is 0 Å². The summed E-state index contributed by atoms with van der Waals surface area (Å²) in [6, 6.07) is 9.22. The SMILES string of the molecule is CCSC1CCC(NCc2nn(CC)c3ccccc23)C1. The van der Waals surface area contributed by atoms with Gasteiger partial charge in [0.25, 0.3) is 0 Å². The van der Waals surface area contributed by atoms with Crippen LogP contribution in [0.2, 0.25) is 0 Å². The van der Waals surface area contributed by atoms with Crippen LogP contribution in [-0.4, -0.2) is 26.8 Å². The number of thioether (sulfide) groups is 1. The number of hydrogen-bond donors (Lipinski definition) is 1. The van der Waals surface area contributed by atoms with Crippen molar-refractivity contribution >= 4 is 22.7 Å². The molecule has 114 valence electrons. The molecule has 0 saturated heterocycles. The van der Waals surface area contributed by atoms with Crippen molar-refractivity contribution in [1.82, 2.24) is 15.1 Å². The molecule has 1 aromatic carbocycles. The lowest BCUT2D eigenvalue weighted by atomic mass is 10.2. The van der Waals surface area contributed by atoms with Crippen molar-refractivity contribution in [2.75, 3.05) is 5.75 Å². The van der Waals surface area contributed by atoms with Gasteiger partial charge >= 0.3 is 0 Å². The molecule has 0 aliphatic heterocycles. The van der Waals surface area contributed by atoms with Crippen molar-refractivity contribution in [2.24, 2.45) is 0 Å². The van der Waals surface area contributed by atoms with E-state index in [1.54, 1.807) is 0 Å². The summed E-state index contributed by atoms with van der Waals surface area (Å²) in [6.45, 7) is 6.23. The fourth-order valence-electron chi connectivity index (χ4n) is 3.32. The fraction of sp³-hybridized carbons (Fsp3) is 0.588. The van der Waals surface area contributed by atoms with Crippen LogP contribution in [0.1, 0.15) is 38.8 Å². The lowest BCUT2D eigenvalue weighted by molar-refractivity contribution is 0.516. The van der Waals surface area contributed by atoms with E-state index < -0.39 is 0 Å². The predicted octanol–water partition coefficient (Wildman–Crippen LogP) is 3.82. The van der Waals surface area contributed by atoms with Gasteiger partial charge in [0.05, 0.1) is 11.2 Å². The molecule has 1 aromatic heterocycles. The van der Waals surface area contributed by atoms with Gasteiger partial charge in [0, 0.05) is 29.8 Å². The van der Waals surface area contributed by atoms with Gasteiger partial charge in [-0.05, 0) is 38.0 Å². The minimum Gasteiger partial charge on any atom is -0.308 e. The molecule has 0 amide bonds. The Morgan fingerprint density at radius 3 is 2.95 bits per heavy atom. The highest BCUT2D eigenvalue weighted by Crippen LogP contribution is 2.30. The highest BCUT2D eigenvalue weighted by atomic mass is 32.2.